The van der Waals surface area contributed by atoms with Crippen LogP contribution in [0, 0.1) is 18.3 Å². The van der Waals surface area contributed by atoms with E-state index in [0.717, 1.165) is 0 Å². The normalized spacial score (nSPS) is 11.3. The van der Waals surface area contributed by atoms with Gasteiger partial charge in [-0.15, -0.1) is 10.2 Å². The summed E-state index contributed by atoms with van der Waals surface area (Å²) in [6, 6.07) is 6.40. The first-order valence-corrected chi connectivity index (χ1v) is 7.83. The van der Waals surface area contributed by atoms with Gasteiger partial charge in [0.05, 0.1) is 23.1 Å². The van der Waals surface area contributed by atoms with E-state index in [9.17, 15) is 8.42 Å². The lowest BCUT2D eigenvalue weighted by molar-refractivity contribution is 0.575. The van der Waals surface area contributed by atoms with E-state index in [-0.39, 0.29) is 11.4 Å². The number of nitriles is 1. The van der Waals surface area contributed by atoms with E-state index in [0.29, 0.717) is 23.5 Å². The number of nitrogens with zero attached hydrogens (tertiary/aromatic N) is 4. The van der Waals surface area contributed by atoms with Crippen molar-refractivity contribution < 1.29 is 8.42 Å². The molecule has 0 aliphatic rings. The summed E-state index contributed by atoms with van der Waals surface area (Å²) in [5.41, 5.74) is 1.08. The molecular weight excluding hydrogens is 290 g/mol. The zero-order chi connectivity index (χ0) is 15.5. The highest BCUT2D eigenvalue weighted by atomic mass is 32.2. The van der Waals surface area contributed by atoms with Gasteiger partial charge in [0, 0.05) is 6.54 Å². The van der Waals surface area contributed by atoms with Crippen LogP contribution in [0.25, 0.3) is 0 Å². The summed E-state index contributed by atoms with van der Waals surface area (Å²) >= 11 is 0. The molecule has 0 bridgehead atoms. The van der Waals surface area contributed by atoms with Gasteiger partial charge >= 0.3 is 0 Å². The topological polar surface area (TPSA) is 101 Å². The fourth-order valence-electron chi connectivity index (χ4n) is 1.85. The van der Waals surface area contributed by atoms with Crippen molar-refractivity contribution in [2.24, 2.45) is 0 Å². The lowest BCUT2D eigenvalue weighted by Gasteiger charge is -2.08. The van der Waals surface area contributed by atoms with E-state index in [2.05, 4.69) is 14.9 Å². The Bertz CT molecular complexity index is 789. The van der Waals surface area contributed by atoms with Gasteiger partial charge in [0.1, 0.15) is 12.2 Å². The Morgan fingerprint density at radius 3 is 2.81 bits per heavy atom. The van der Waals surface area contributed by atoms with Crippen LogP contribution in [0.15, 0.2) is 29.4 Å². The molecular formula is C13H15N5O2S. The highest BCUT2D eigenvalue weighted by Crippen LogP contribution is 2.15. The molecule has 21 heavy (non-hydrogen) atoms. The van der Waals surface area contributed by atoms with Gasteiger partial charge < -0.3 is 4.57 Å². The van der Waals surface area contributed by atoms with Crippen molar-refractivity contribution in [3.8, 4) is 6.07 Å². The molecule has 0 radical (unpaired) electrons. The van der Waals surface area contributed by atoms with E-state index >= 15 is 0 Å². The molecule has 2 aromatic rings. The maximum Gasteiger partial charge on any atom is 0.240 e. The van der Waals surface area contributed by atoms with Gasteiger partial charge in [0.15, 0.2) is 0 Å². The third kappa shape index (κ3) is 3.26. The summed E-state index contributed by atoms with van der Waals surface area (Å²) in [5.74, 6) is 0.548. The van der Waals surface area contributed by atoms with Crippen molar-refractivity contribution in [2.75, 3.05) is 0 Å². The highest BCUT2D eigenvalue weighted by molar-refractivity contribution is 7.89. The Balaban J connectivity index is 2.19. The number of nitrogens with one attached hydrogen (secondary N) is 1. The molecule has 8 heteroatoms. The number of hydrogen-bond donors (Lipinski definition) is 1. The molecule has 0 amide bonds. The molecule has 0 spiro atoms. The predicted molar refractivity (Wildman–Crippen MR) is 75.6 cm³/mol. The second-order valence-corrected chi connectivity index (χ2v) is 6.21. The van der Waals surface area contributed by atoms with Crippen LogP contribution in [-0.4, -0.2) is 23.2 Å². The lowest BCUT2D eigenvalue weighted by atomic mass is 10.1. The van der Waals surface area contributed by atoms with E-state index in [1.54, 1.807) is 17.8 Å². The molecule has 0 saturated carbocycles. The average Bonchev–Trinajstić information content (AvgIpc) is 2.92. The van der Waals surface area contributed by atoms with Gasteiger partial charge in [0.25, 0.3) is 0 Å². The Hall–Kier alpha value is -2.24. The van der Waals surface area contributed by atoms with Gasteiger partial charge in [-0.3, -0.25) is 0 Å². The monoisotopic (exact) mass is 305 g/mol. The van der Waals surface area contributed by atoms with Crippen LogP contribution in [0.5, 0.6) is 0 Å². The van der Waals surface area contributed by atoms with Crippen LogP contribution in [0.1, 0.15) is 23.9 Å². The largest absolute Gasteiger partial charge is 0.317 e. The maximum atomic E-state index is 12.2. The van der Waals surface area contributed by atoms with Crippen molar-refractivity contribution in [1.82, 2.24) is 19.5 Å². The molecule has 1 heterocycles. The molecule has 1 aromatic heterocycles. The molecule has 1 aromatic carbocycles. The number of sulfonamides is 1. The molecule has 0 atom stereocenters. The van der Waals surface area contributed by atoms with E-state index in [1.807, 2.05) is 13.0 Å². The highest BCUT2D eigenvalue weighted by Gasteiger charge is 2.16. The minimum Gasteiger partial charge on any atom is -0.317 e. The smallest absolute Gasteiger partial charge is 0.240 e. The molecule has 0 saturated heterocycles. The second kappa shape index (κ2) is 6.03. The molecule has 0 aliphatic heterocycles. The first-order chi connectivity index (χ1) is 9.97. The van der Waals surface area contributed by atoms with Gasteiger partial charge in [-0.2, -0.15) is 5.26 Å². The standard InChI is InChI=1S/C13H15N5O2S/c1-3-18-9-15-17-13(18)8-16-21(19,20)12-5-4-11(7-14)10(2)6-12/h4-6,9,16H,3,8H2,1-2H3. The third-order valence-electron chi connectivity index (χ3n) is 3.09. The van der Waals surface area contributed by atoms with Crippen molar-refractivity contribution in [3.63, 3.8) is 0 Å². The van der Waals surface area contributed by atoms with Gasteiger partial charge in [0.2, 0.25) is 10.0 Å². The summed E-state index contributed by atoms with van der Waals surface area (Å²) in [6.07, 6.45) is 1.55. The summed E-state index contributed by atoms with van der Waals surface area (Å²) in [5, 5.41) is 16.5. The van der Waals surface area contributed by atoms with Gasteiger partial charge in [-0.1, -0.05) is 0 Å². The third-order valence-corrected chi connectivity index (χ3v) is 4.48. The molecule has 110 valence electrons. The quantitative estimate of drug-likeness (QED) is 0.886. The van der Waals surface area contributed by atoms with Crippen LogP contribution in [0.2, 0.25) is 0 Å². The molecule has 0 aliphatic carbocycles. The SMILES string of the molecule is CCn1cnnc1CNS(=O)(=O)c1ccc(C#N)c(C)c1. The minimum absolute atomic E-state index is 0.0647. The van der Waals surface area contributed by atoms with Crippen LogP contribution in [0.3, 0.4) is 0 Å². The van der Waals surface area contributed by atoms with Crippen molar-refractivity contribution in [1.29, 1.82) is 5.26 Å². The Kier molecular flexibility index (Phi) is 4.35. The van der Waals surface area contributed by atoms with Crippen LogP contribution in [-0.2, 0) is 23.1 Å². The first kappa shape index (κ1) is 15.2. The van der Waals surface area contributed by atoms with Gasteiger partial charge in [-0.05, 0) is 37.6 Å². The first-order valence-electron chi connectivity index (χ1n) is 6.35. The van der Waals surface area contributed by atoms with E-state index in [4.69, 9.17) is 5.26 Å². The summed E-state index contributed by atoms with van der Waals surface area (Å²) in [7, 11) is -3.65. The number of hydrogen-bond acceptors (Lipinski definition) is 5. The second-order valence-electron chi connectivity index (χ2n) is 4.45. The molecule has 2 rings (SSSR count). The minimum atomic E-state index is -3.65. The van der Waals surface area contributed by atoms with Crippen molar-refractivity contribution in [2.45, 2.75) is 31.8 Å². The van der Waals surface area contributed by atoms with Crippen molar-refractivity contribution >= 4 is 10.0 Å². The average molecular weight is 305 g/mol. The number of benzene rings is 1. The van der Waals surface area contributed by atoms with Gasteiger partial charge in [-0.25, -0.2) is 13.1 Å². The summed E-state index contributed by atoms with van der Waals surface area (Å²) in [4.78, 5) is 0.126. The molecule has 7 nitrogen and oxygen atoms in total. The molecule has 1 N–H and O–H groups in total. The molecule has 0 fully saturated rings. The Morgan fingerprint density at radius 2 is 2.19 bits per heavy atom. The van der Waals surface area contributed by atoms with Crippen LogP contribution in [0.4, 0.5) is 0 Å². The summed E-state index contributed by atoms with van der Waals surface area (Å²) in [6.45, 7) is 4.35. The van der Waals surface area contributed by atoms with E-state index < -0.39 is 10.0 Å². The number of aromatic nitrogens is 3. The predicted octanol–water partition coefficient (Wildman–Crippen LogP) is 0.957. The fourth-order valence-corrected chi connectivity index (χ4v) is 2.92. The Labute approximate surface area is 123 Å². The lowest BCUT2D eigenvalue weighted by Crippen LogP contribution is -2.25. The number of rotatable bonds is 5. The number of aryl methyl sites for hydroxylation is 2. The van der Waals surface area contributed by atoms with E-state index in [1.165, 1.54) is 18.2 Å². The Morgan fingerprint density at radius 1 is 1.43 bits per heavy atom. The zero-order valence-corrected chi connectivity index (χ0v) is 12.6. The fraction of sp³-hybridized carbons (Fsp3) is 0.308. The summed E-state index contributed by atoms with van der Waals surface area (Å²) < 4.78 is 28.7. The zero-order valence-electron chi connectivity index (χ0n) is 11.7. The van der Waals surface area contributed by atoms with Crippen LogP contribution >= 0.6 is 0 Å². The maximum absolute atomic E-state index is 12.2. The van der Waals surface area contributed by atoms with Crippen molar-refractivity contribution in [3.05, 3.63) is 41.5 Å². The molecule has 0 unspecified atom stereocenters. The van der Waals surface area contributed by atoms with Crippen LogP contribution < -0.4 is 4.72 Å².